The number of benzene rings is 1. The summed E-state index contributed by atoms with van der Waals surface area (Å²) in [4.78, 5) is 13.4. The maximum Gasteiger partial charge on any atom is 0.224 e. The normalized spacial score (nSPS) is 16.1. The van der Waals surface area contributed by atoms with Crippen LogP contribution in [0.1, 0.15) is 17.5 Å². The molecule has 0 spiro atoms. The van der Waals surface area contributed by atoms with Gasteiger partial charge in [-0.1, -0.05) is 12.1 Å². The average molecular weight is 263 g/mol. The lowest BCUT2D eigenvalue weighted by Crippen LogP contribution is -2.37. The Hall–Kier alpha value is -1.43. The van der Waals surface area contributed by atoms with Gasteiger partial charge in [-0.3, -0.25) is 4.79 Å². The van der Waals surface area contributed by atoms with Gasteiger partial charge in [-0.15, -0.1) is 0 Å². The van der Waals surface area contributed by atoms with Crippen LogP contribution in [0.4, 0.5) is 5.69 Å². The molecule has 0 aromatic heterocycles. The maximum atomic E-state index is 11.3. The standard InChI is InChI=1S/C14H21N3O2/c1-17(8-12(15)9-18)7-10-2-4-13-11(6-10)3-5-14(19)16-13/h2,4,6,12,18H,3,5,7-9,15H2,1H3,(H,16,19). The molecule has 5 nitrogen and oxygen atoms in total. The first-order valence-corrected chi connectivity index (χ1v) is 6.55. The average Bonchev–Trinajstić information content (AvgIpc) is 2.38. The van der Waals surface area contributed by atoms with Gasteiger partial charge in [0.15, 0.2) is 0 Å². The van der Waals surface area contributed by atoms with E-state index in [-0.39, 0.29) is 18.6 Å². The summed E-state index contributed by atoms with van der Waals surface area (Å²) in [6, 6.07) is 5.91. The van der Waals surface area contributed by atoms with Crippen molar-refractivity contribution in [2.45, 2.75) is 25.4 Å². The molecule has 1 aromatic rings. The third-order valence-corrected chi connectivity index (χ3v) is 3.30. The number of nitrogens with zero attached hydrogens (tertiary/aromatic N) is 1. The molecule has 0 bridgehead atoms. The van der Waals surface area contributed by atoms with E-state index in [0.717, 1.165) is 18.7 Å². The van der Waals surface area contributed by atoms with Crippen LogP contribution in [0, 0.1) is 0 Å². The largest absolute Gasteiger partial charge is 0.395 e. The van der Waals surface area contributed by atoms with E-state index in [9.17, 15) is 4.79 Å². The van der Waals surface area contributed by atoms with Crippen molar-refractivity contribution in [2.75, 3.05) is 25.5 Å². The number of carbonyl (C=O) groups excluding carboxylic acids is 1. The van der Waals surface area contributed by atoms with Crippen molar-refractivity contribution in [1.82, 2.24) is 4.90 Å². The van der Waals surface area contributed by atoms with Gasteiger partial charge in [0, 0.05) is 31.2 Å². The van der Waals surface area contributed by atoms with Gasteiger partial charge >= 0.3 is 0 Å². The van der Waals surface area contributed by atoms with Crippen LogP contribution in [0.15, 0.2) is 18.2 Å². The van der Waals surface area contributed by atoms with Crippen LogP contribution in [-0.2, 0) is 17.8 Å². The Balaban J connectivity index is 2.00. The van der Waals surface area contributed by atoms with Gasteiger partial charge < -0.3 is 21.1 Å². The Bertz CT molecular complexity index is 462. The molecule has 0 saturated heterocycles. The van der Waals surface area contributed by atoms with Crippen LogP contribution in [-0.4, -0.2) is 42.2 Å². The Morgan fingerprint density at radius 2 is 2.26 bits per heavy atom. The summed E-state index contributed by atoms with van der Waals surface area (Å²) in [6.45, 7) is 1.44. The Labute approximate surface area is 113 Å². The van der Waals surface area contributed by atoms with Crippen LogP contribution in [0.25, 0.3) is 0 Å². The number of fused-ring (bicyclic) bond motifs is 1. The number of carbonyl (C=O) groups is 1. The summed E-state index contributed by atoms with van der Waals surface area (Å²) in [5.41, 5.74) is 9.03. The van der Waals surface area contributed by atoms with Crippen LogP contribution in [0.2, 0.25) is 0 Å². The zero-order chi connectivity index (χ0) is 13.8. The summed E-state index contributed by atoms with van der Waals surface area (Å²) < 4.78 is 0. The molecular formula is C14H21N3O2. The lowest BCUT2D eigenvalue weighted by molar-refractivity contribution is -0.116. The van der Waals surface area contributed by atoms with E-state index in [0.29, 0.717) is 13.0 Å². The molecule has 0 saturated carbocycles. The second-order valence-corrected chi connectivity index (χ2v) is 5.18. The number of hydrogen-bond donors (Lipinski definition) is 3. The molecule has 4 N–H and O–H groups in total. The molecule has 1 aliphatic heterocycles. The second-order valence-electron chi connectivity index (χ2n) is 5.18. The molecule has 1 atom stereocenters. The van der Waals surface area contributed by atoms with Crippen molar-refractivity contribution in [3.8, 4) is 0 Å². The molecule has 104 valence electrons. The minimum atomic E-state index is -0.207. The maximum absolute atomic E-state index is 11.3. The monoisotopic (exact) mass is 263 g/mol. The van der Waals surface area contributed by atoms with E-state index in [4.69, 9.17) is 10.8 Å². The predicted octanol–water partition coefficient (Wildman–Crippen LogP) is 0.323. The Kier molecular flexibility index (Phi) is 4.52. The summed E-state index contributed by atoms with van der Waals surface area (Å²) in [7, 11) is 1.98. The van der Waals surface area contributed by atoms with E-state index >= 15 is 0 Å². The molecule has 19 heavy (non-hydrogen) atoms. The van der Waals surface area contributed by atoms with E-state index < -0.39 is 0 Å². The number of hydrogen-bond acceptors (Lipinski definition) is 4. The molecule has 1 amide bonds. The number of nitrogens with one attached hydrogen (secondary N) is 1. The van der Waals surface area contributed by atoms with Gasteiger partial charge in [0.25, 0.3) is 0 Å². The lowest BCUT2D eigenvalue weighted by atomic mass is 10.0. The molecule has 0 aliphatic carbocycles. The van der Waals surface area contributed by atoms with Crippen LogP contribution < -0.4 is 11.1 Å². The van der Waals surface area contributed by atoms with E-state index in [1.165, 1.54) is 11.1 Å². The zero-order valence-corrected chi connectivity index (χ0v) is 11.2. The molecule has 1 heterocycles. The molecule has 1 unspecified atom stereocenters. The number of nitrogens with two attached hydrogens (primary N) is 1. The van der Waals surface area contributed by atoms with Gasteiger partial charge in [-0.2, -0.15) is 0 Å². The first-order valence-electron chi connectivity index (χ1n) is 6.55. The highest BCUT2D eigenvalue weighted by Gasteiger charge is 2.15. The van der Waals surface area contributed by atoms with Gasteiger partial charge in [0.1, 0.15) is 0 Å². The number of aryl methyl sites for hydroxylation is 1. The van der Waals surface area contributed by atoms with Crippen molar-refractivity contribution < 1.29 is 9.90 Å². The van der Waals surface area contributed by atoms with Crippen molar-refractivity contribution in [2.24, 2.45) is 5.73 Å². The molecule has 2 rings (SSSR count). The molecule has 5 heteroatoms. The topological polar surface area (TPSA) is 78.6 Å². The van der Waals surface area contributed by atoms with Gasteiger partial charge in [-0.25, -0.2) is 0 Å². The number of aliphatic hydroxyl groups excluding tert-OH is 1. The first kappa shape index (κ1) is 14.0. The van der Waals surface area contributed by atoms with Crippen LogP contribution in [0.5, 0.6) is 0 Å². The van der Waals surface area contributed by atoms with E-state index in [1.54, 1.807) is 0 Å². The number of rotatable bonds is 5. The van der Waals surface area contributed by atoms with E-state index in [2.05, 4.69) is 16.3 Å². The minimum absolute atomic E-state index is 0.000555. The van der Waals surface area contributed by atoms with E-state index in [1.807, 2.05) is 19.2 Å². The van der Waals surface area contributed by atoms with Crippen molar-refractivity contribution >= 4 is 11.6 Å². The molecule has 1 aliphatic rings. The minimum Gasteiger partial charge on any atom is -0.395 e. The Morgan fingerprint density at radius 3 is 3.00 bits per heavy atom. The quantitative estimate of drug-likeness (QED) is 0.715. The molecule has 0 fully saturated rings. The van der Waals surface area contributed by atoms with Crippen LogP contribution >= 0.6 is 0 Å². The third-order valence-electron chi connectivity index (χ3n) is 3.30. The first-order chi connectivity index (χ1) is 9.08. The fraction of sp³-hybridized carbons (Fsp3) is 0.500. The highest BCUT2D eigenvalue weighted by atomic mass is 16.3. The van der Waals surface area contributed by atoms with Gasteiger partial charge in [-0.05, 0) is 30.7 Å². The number of aliphatic hydroxyl groups is 1. The molecule has 1 aromatic carbocycles. The fourth-order valence-electron chi connectivity index (χ4n) is 2.37. The van der Waals surface area contributed by atoms with Gasteiger partial charge in [0.05, 0.1) is 6.61 Å². The SMILES string of the molecule is CN(Cc1ccc2c(c1)CCC(=O)N2)CC(N)CO. The fourth-order valence-corrected chi connectivity index (χ4v) is 2.37. The Morgan fingerprint density at radius 1 is 1.47 bits per heavy atom. The summed E-state index contributed by atoms with van der Waals surface area (Å²) in [5.74, 6) is 0.0892. The summed E-state index contributed by atoms with van der Waals surface area (Å²) in [6.07, 6.45) is 1.36. The van der Waals surface area contributed by atoms with Crippen molar-refractivity contribution in [3.05, 3.63) is 29.3 Å². The second kappa shape index (κ2) is 6.14. The number of likely N-dealkylation sites (N-methyl/N-ethyl adjacent to an activating group) is 1. The number of amides is 1. The lowest BCUT2D eigenvalue weighted by Gasteiger charge is -2.22. The highest BCUT2D eigenvalue weighted by Crippen LogP contribution is 2.23. The zero-order valence-electron chi connectivity index (χ0n) is 11.2. The third kappa shape index (κ3) is 3.76. The molecule has 0 radical (unpaired) electrons. The van der Waals surface area contributed by atoms with Crippen molar-refractivity contribution in [3.63, 3.8) is 0 Å². The molecular weight excluding hydrogens is 242 g/mol. The highest BCUT2D eigenvalue weighted by molar-refractivity contribution is 5.93. The van der Waals surface area contributed by atoms with Gasteiger partial charge in [0.2, 0.25) is 5.91 Å². The smallest absolute Gasteiger partial charge is 0.224 e. The van der Waals surface area contributed by atoms with Crippen LogP contribution in [0.3, 0.4) is 0 Å². The summed E-state index contributed by atoms with van der Waals surface area (Å²) in [5, 5.41) is 11.8. The van der Waals surface area contributed by atoms with Crippen molar-refractivity contribution in [1.29, 1.82) is 0 Å². The predicted molar refractivity (Wildman–Crippen MR) is 74.8 cm³/mol. The summed E-state index contributed by atoms with van der Waals surface area (Å²) >= 11 is 0. The number of anilines is 1.